The van der Waals surface area contributed by atoms with E-state index in [1.807, 2.05) is 67.9 Å². The number of hydrazine groups is 1. The van der Waals surface area contributed by atoms with Crippen LogP contribution in [0, 0.1) is 11.6 Å². The predicted octanol–water partition coefficient (Wildman–Crippen LogP) is 5.51. The Morgan fingerprint density at radius 3 is 2.38 bits per heavy atom. The summed E-state index contributed by atoms with van der Waals surface area (Å²) < 4.78 is 2.44. The van der Waals surface area contributed by atoms with Crippen LogP contribution < -0.4 is 16.6 Å². The van der Waals surface area contributed by atoms with Crippen LogP contribution in [0.5, 0.6) is 0 Å². The quantitative estimate of drug-likeness (QED) is 0.207. The van der Waals surface area contributed by atoms with Crippen molar-refractivity contribution in [3.63, 3.8) is 0 Å². The molecule has 29 heavy (non-hydrogen) atoms. The zero-order chi connectivity index (χ0) is 21.6. The van der Waals surface area contributed by atoms with Crippen LogP contribution in [0.3, 0.4) is 0 Å². The van der Waals surface area contributed by atoms with Gasteiger partial charge in [-0.1, -0.05) is 89.0 Å². The highest BCUT2D eigenvalue weighted by Crippen LogP contribution is 2.23. The van der Waals surface area contributed by atoms with Gasteiger partial charge in [0.15, 0.2) is 0 Å². The molecule has 2 rings (SSSR count). The van der Waals surface area contributed by atoms with Crippen molar-refractivity contribution in [2.75, 3.05) is 12.0 Å². The number of nitrogens with one attached hydrogen (secondary N) is 2. The number of benzene rings is 1. The third kappa shape index (κ3) is 7.29. The molecule has 0 fully saturated rings. The van der Waals surface area contributed by atoms with Gasteiger partial charge in [0.25, 0.3) is 0 Å². The Kier molecular flexibility index (Phi) is 11.9. The molecule has 0 aliphatic rings. The number of rotatable bonds is 10. The lowest BCUT2D eigenvalue weighted by molar-refractivity contribution is -0.123. The van der Waals surface area contributed by atoms with Gasteiger partial charge < -0.3 is 15.3 Å². The lowest BCUT2D eigenvalue weighted by Crippen LogP contribution is -2.34. The SMILES string of the molecule is CC.CCCCCCCNC(=O)C(c1ccccc1)n1ccc(NN)c(C)c1=S. The second kappa shape index (κ2) is 13.9. The predicted molar refractivity (Wildman–Crippen MR) is 126 cm³/mol. The van der Waals surface area contributed by atoms with Crippen LogP contribution in [0.1, 0.15) is 70.0 Å². The fourth-order valence-corrected chi connectivity index (χ4v) is 3.40. The van der Waals surface area contributed by atoms with Crippen molar-refractivity contribution in [1.82, 2.24) is 9.88 Å². The van der Waals surface area contributed by atoms with Crippen molar-refractivity contribution in [2.45, 2.75) is 65.8 Å². The van der Waals surface area contributed by atoms with Crippen molar-refractivity contribution in [3.8, 4) is 0 Å². The molecule has 6 heteroatoms. The fraction of sp³-hybridized carbons (Fsp3) is 0.478. The zero-order valence-electron chi connectivity index (χ0n) is 18.2. The molecule has 1 heterocycles. The number of amides is 1. The fourth-order valence-electron chi connectivity index (χ4n) is 3.13. The topological polar surface area (TPSA) is 72.1 Å². The first kappa shape index (κ1) is 24.9. The molecule has 1 unspecified atom stereocenters. The third-order valence-corrected chi connectivity index (χ3v) is 5.26. The van der Waals surface area contributed by atoms with E-state index >= 15 is 0 Å². The van der Waals surface area contributed by atoms with Crippen molar-refractivity contribution in [2.24, 2.45) is 5.84 Å². The van der Waals surface area contributed by atoms with Gasteiger partial charge in [-0.05, 0) is 25.0 Å². The zero-order valence-corrected chi connectivity index (χ0v) is 19.0. The van der Waals surface area contributed by atoms with E-state index in [0.29, 0.717) is 11.2 Å². The van der Waals surface area contributed by atoms with Crippen molar-refractivity contribution in [3.05, 3.63) is 58.4 Å². The maximum absolute atomic E-state index is 13.0. The summed E-state index contributed by atoms with van der Waals surface area (Å²) in [7, 11) is 0. The van der Waals surface area contributed by atoms with Crippen LogP contribution in [-0.2, 0) is 4.79 Å². The molecule has 0 saturated carbocycles. The number of nitrogen functional groups attached to an aromatic ring is 1. The highest BCUT2D eigenvalue weighted by atomic mass is 32.1. The van der Waals surface area contributed by atoms with Gasteiger partial charge in [-0.25, -0.2) is 0 Å². The molecule has 1 aromatic heterocycles. The maximum Gasteiger partial charge on any atom is 0.247 e. The van der Waals surface area contributed by atoms with E-state index in [1.54, 1.807) is 0 Å². The number of nitrogens with zero attached hydrogens (tertiary/aromatic N) is 1. The van der Waals surface area contributed by atoms with Crippen molar-refractivity contribution in [1.29, 1.82) is 0 Å². The normalized spacial score (nSPS) is 11.2. The van der Waals surface area contributed by atoms with Gasteiger partial charge in [-0.2, -0.15) is 0 Å². The van der Waals surface area contributed by atoms with E-state index in [2.05, 4.69) is 17.7 Å². The smallest absolute Gasteiger partial charge is 0.247 e. The molecule has 0 radical (unpaired) electrons. The molecule has 1 aromatic carbocycles. The van der Waals surface area contributed by atoms with E-state index in [9.17, 15) is 4.79 Å². The number of nitrogens with two attached hydrogens (primary N) is 1. The van der Waals surface area contributed by atoms with Gasteiger partial charge in [-0.3, -0.25) is 10.6 Å². The summed E-state index contributed by atoms with van der Waals surface area (Å²) in [6.45, 7) is 8.78. The second-order valence-corrected chi connectivity index (χ2v) is 7.12. The average Bonchev–Trinajstić information content (AvgIpc) is 2.76. The van der Waals surface area contributed by atoms with E-state index in [0.717, 1.165) is 29.7 Å². The summed E-state index contributed by atoms with van der Waals surface area (Å²) in [5.41, 5.74) is 5.17. The minimum atomic E-state index is -0.500. The summed E-state index contributed by atoms with van der Waals surface area (Å²) in [5, 5.41) is 3.09. The Balaban J connectivity index is 0.00000204. The molecular weight excluding hydrogens is 380 g/mol. The monoisotopic (exact) mass is 416 g/mol. The summed E-state index contributed by atoms with van der Waals surface area (Å²) in [6.07, 6.45) is 7.63. The number of unbranched alkanes of at least 4 members (excludes halogenated alkanes) is 4. The molecule has 2 aromatic rings. The number of hydrogen-bond acceptors (Lipinski definition) is 4. The lowest BCUT2D eigenvalue weighted by atomic mass is 10.0. The van der Waals surface area contributed by atoms with E-state index in [1.165, 1.54) is 19.3 Å². The van der Waals surface area contributed by atoms with E-state index < -0.39 is 6.04 Å². The molecule has 0 saturated heterocycles. The minimum Gasteiger partial charge on any atom is -0.354 e. The Hall–Kier alpha value is -2.18. The highest BCUT2D eigenvalue weighted by molar-refractivity contribution is 7.71. The number of hydrogen-bond donors (Lipinski definition) is 3. The van der Waals surface area contributed by atoms with Crippen LogP contribution in [0.15, 0.2) is 42.6 Å². The molecule has 0 aliphatic heterocycles. The van der Waals surface area contributed by atoms with Gasteiger partial charge in [0.2, 0.25) is 5.91 Å². The first-order valence-corrected chi connectivity index (χ1v) is 11.0. The highest BCUT2D eigenvalue weighted by Gasteiger charge is 2.23. The molecular formula is C23H36N4OS. The summed E-state index contributed by atoms with van der Waals surface area (Å²) in [5.74, 6) is 5.51. The standard InChI is InChI=1S/C21H30N4OS.C2H6/c1-3-4-5-6-10-14-23-20(26)19(17-11-8-7-9-12-17)25-15-13-18(24-22)16(2)21(25)27;1-2/h7-9,11-13,15,19,24H,3-6,10,14,22H2,1-2H3,(H,23,26);1-2H3. The first-order valence-electron chi connectivity index (χ1n) is 10.6. The lowest BCUT2D eigenvalue weighted by Gasteiger charge is -2.22. The summed E-state index contributed by atoms with van der Waals surface area (Å²) in [4.78, 5) is 13.0. The number of carbonyl (C=O) groups excluding carboxylic acids is 1. The number of carbonyl (C=O) groups is 1. The van der Waals surface area contributed by atoms with E-state index in [-0.39, 0.29) is 5.91 Å². The van der Waals surface area contributed by atoms with Gasteiger partial charge in [-0.15, -0.1) is 0 Å². The molecule has 5 nitrogen and oxygen atoms in total. The molecule has 160 valence electrons. The van der Waals surface area contributed by atoms with E-state index in [4.69, 9.17) is 18.1 Å². The third-order valence-electron chi connectivity index (χ3n) is 4.74. The minimum absolute atomic E-state index is 0.0411. The molecule has 0 bridgehead atoms. The summed E-state index contributed by atoms with van der Waals surface area (Å²) >= 11 is 5.61. The van der Waals surface area contributed by atoms with Gasteiger partial charge in [0, 0.05) is 18.3 Å². The van der Waals surface area contributed by atoms with Gasteiger partial charge in [0.1, 0.15) is 10.7 Å². The van der Waals surface area contributed by atoms with Gasteiger partial charge in [0.05, 0.1) is 5.69 Å². The molecule has 0 spiro atoms. The number of pyridine rings is 1. The molecule has 0 aliphatic carbocycles. The van der Waals surface area contributed by atoms with Crippen molar-refractivity contribution < 1.29 is 4.79 Å². The van der Waals surface area contributed by atoms with Gasteiger partial charge >= 0.3 is 0 Å². The molecule has 1 atom stereocenters. The van der Waals surface area contributed by atoms with Crippen molar-refractivity contribution >= 4 is 23.8 Å². The Bertz CT molecular complexity index is 789. The largest absolute Gasteiger partial charge is 0.354 e. The van der Waals surface area contributed by atoms with Crippen LogP contribution in [0.2, 0.25) is 0 Å². The maximum atomic E-state index is 13.0. The molecule has 4 N–H and O–H groups in total. The van der Waals surface area contributed by atoms with Crippen LogP contribution in [-0.4, -0.2) is 17.0 Å². The Morgan fingerprint density at radius 2 is 1.76 bits per heavy atom. The Morgan fingerprint density at radius 1 is 1.10 bits per heavy atom. The van der Waals surface area contributed by atoms with Crippen LogP contribution in [0.4, 0.5) is 5.69 Å². The van der Waals surface area contributed by atoms with Crippen LogP contribution >= 0.6 is 12.2 Å². The second-order valence-electron chi connectivity index (χ2n) is 6.73. The summed E-state index contributed by atoms with van der Waals surface area (Å²) in [6, 6.07) is 11.1. The first-order chi connectivity index (χ1) is 14.1. The number of aromatic nitrogens is 1. The average molecular weight is 417 g/mol. The molecule has 1 amide bonds. The number of anilines is 1. The Labute approximate surface area is 180 Å². The van der Waals surface area contributed by atoms with Crippen LogP contribution in [0.25, 0.3) is 0 Å².